The molecule has 2 aliphatic heterocycles. The molecule has 0 aromatic heterocycles. The molecule has 0 unspecified atom stereocenters. The van der Waals surface area contributed by atoms with Crippen molar-refractivity contribution in [2.45, 2.75) is 0 Å². The number of rotatable bonds is 2. The minimum absolute atomic E-state index is 0.0938. The molecule has 0 atom stereocenters. The highest BCUT2D eigenvalue weighted by molar-refractivity contribution is 6.27. The second kappa shape index (κ2) is 5.38. The van der Waals surface area contributed by atoms with Crippen molar-refractivity contribution in [3.05, 3.63) is 77.2 Å². The zero-order chi connectivity index (χ0) is 16.7. The Kier molecular flexibility index (Phi) is 3.20. The first-order valence-corrected chi connectivity index (χ1v) is 7.33. The van der Waals surface area contributed by atoms with E-state index in [1.807, 2.05) is 18.2 Å². The third-order valence-corrected chi connectivity index (χ3v) is 3.89. The zero-order valence-corrected chi connectivity index (χ0v) is 12.7. The van der Waals surface area contributed by atoms with Gasteiger partial charge in [-0.1, -0.05) is 48.5 Å². The second-order valence-electron chi connectivity index (χ2n) is 5.25. The molecule has 0 N–H and O–H groups in total. The summed E-state index contributed by atoms with van der Waals surface area (Å²) in [7, 11) is 1.44. The summed E-state index contributed by atoms with van der Waals surface area (Å²) in [5.74, 6) is -0.364. The first kappa shape index (κ1) is 14.3. The fourth-order valence-corrected chi connectivity index (χ4v) is 2.85. The quantitative estimate of drug-likeness (QED) is 0.484. The number of para-hydroxylation sites is 1. The SMILES string of the molecule is COC1=C(c2ccccc2)C(=O)OC1=C1C(=O)Oc2ccccc21. The Hall–Kier alpha value is -3.34. The first-order chi connectivity index (χ1) is 11.7. The molecule has 2 aromatic carbocycles. The number of cyclic esters (lactones) is 1. The summed E-state index contributed by atoms with van der Waals surface area (Å²) in [5.41, 5.74) is 1.73. The van der Waals surface area contributed by atoms with Gasteiger partial charge < -0.3 is 14.2 Å². The van der Waals surface area contributed by atoms with Crippen LogP contribution in [0.1, 0.15) is 11.1 Å². The molecule has 118 valence electrons. The molecular formula is C19H12O5. The number of carbonyl (C=O) groups excluding carboxylic acids is 2. The average molecular weight is 320 g/mol. The molecule has 0 radical (unpaired) electrons. The Morgan fingerprint density at radius 2 is 1.46 bits per heavy atom. The van der Waals surface area contributed by atoms with Gasteiger partial charge in [0.1, 0.15) is 16.9 Å². The van der Waals surface area contributed by atoms with E-state index < -0.39 is 11.9 Å². The third kappa shape index (κ3) is 2.02. The topological polar surface area (TPSA) is 61.8 Å². The highest BCUT2D eigenvalue weighted by Crippen LogP contribution is 2.42. The largest absolute Gasteiger partial charge is 0.492 e. The van der Waals surface area contributed by atoms with E-state index in [-0.39, 0.29) is 22.7 Å². The first-order valence-electron chi connectivity index (χ1n) is 7.33. The number of ether oxygens (including phenoxy) is 3. The van der Waals surface area contributed by atoms with Gasteiger partial charge in [0.05, 0.1) is 7.11 Å². The average Bonchev–Trinajstić information content (AvgIpc) is 3.10. The van der Waals surface area contributed by atoms with E-state index in [1.165, 1.54) is 7.11 Å². The summed E-state index contributed by atoms with van der Waals surface area (Å²) in [6, 6.07) is 16.0. The van der Waals surface area contributed by atoms with Gasteiger partial charge in [-0.25, -0.2) is 9.59 Å². The molecule has 24 heavy (non-hydrogen) atoms. The fraction of sp³-hybridized carbons (Fsp3) is 0.0526. The van der Waals surface area contributed by atoms with Crippen LogP contribution in [0.2, 0.25) is 0 Å². The maximum atomic E-state index is 12.4. The van der Waals surface area contributed by atoms with Gasteiger partial charge in [0, 0.05) is 5.56 Å². The van der Waals surface area contributed by atoms with E-state index in [9.17, 15) is 9.59 Å². The standard InChI is InChI=1S/C19H12O5/c1-22-16-14(11-7-3-2-4-8-11)18(20)24-17(16)15-12-9-5-6-10-13(12)23-19(15)21/h2-10H,1H3. The fourth-order valence-electron chi connectivity index (χ4n) is 2.85. The highest BCUT2D eigenvalue weighted by Gasteiger charge is 2.40. The van der Waals surface area contributed by atoms with Crippen molar-refractivity contribution in [2.24, 2.45) is 0 Å². The minimum atomic E-state index is -0.567. The van der Waals surface area contributed by atoms with E-state index in [0.717, 1.165) is 0 Å². The monoisotopic (exact) mass is 320 g/mol. The molecule has 0 amide bonds. The molecule has 0 spiro atoms. The van der Waals surface area contributed by atoms with Gasteiger partial charge in [0.15, 0.2) is 11.5 Å². The Labute approximate surface area is 137 Å². The van der Waals surface area contributed by atoms with Crippen molar-refractivity contribution in [2.75, 3.05) is 7.11 Å². The summed E-state index contributed by atoms with van der Waals surface area (Å²) in [6.07, 6.45) is 0. The normalized spacial score (nSPS) is 19.2. The lowest BCUT2D eigenvalue weighted by molar-refractivity contribution is -0.131. The number of hydrogen-bond acceptors (Lipinski definition) is 5. The molecule has 0 bridgehead atoms. The molecule has 2 heterocycles. The van der Waals surface area contributed by atoms with Crippen molar-refractivity contribution in [1.29, 1.82) is 0 Å². The van der Waals surface area contributed by atoms with E-state index in [0.29, 0.717) is 16.9 Å². The molecule has 0 fully saturated rings. The van der Waals surface area contributed by atoms with Crippen LogP contribution in [0.4, 0.5) is 0 Å². The Morgan fingerprint density at radius 3 is 2.21 bits per heavy atom. The van der Waals surface area contributed by atoms with Gasteiger partial charge in [0.2, 0.25) is 0 Å². The molecule has 2 aromatic rings. The molecule has 4 rings (SSSR count). The van der Waals surface area contributed by atoms with Crippen LogP contribution in [0.5, 0.6) is 5.75 Å². The van der Waals surface area contributed by atoms with E-state index in [1.54, 1.807) is 36.4 Å². The lowest BCUT2D eigenvalue weighted by atomic mass is 10.0. The smallest absolute Gasteiger partial charge is 0.348 e. The summed E-state index contributed by atoms with van der Waals surface area (Å²) in [4.78, 5) is 24.7. The number of benzene rings is 2. The minimum Gasteiger partial charge on any atom is -0.492 e. The van der Waals surface area contributed by atoms with Crippen LogP contribution >= 0.6 is 0 Å². The maximum Gasteiger partial charge on any atom is 0.348 e. The number of esters is 2. The van der Waals surface area contributed by atoms with Crippen LogP contribution in [-0.2, 0) is 19.1 Å². The van der Waals surface area contributed by atoms with E-state index >= 15 is 0 Å². The number of fused-ring (bicyclic) bond motifs is 1. The second-order valence-corrected chi connectivity index (χ2v) is 5.25. The Morgan fingerprint density at radius 1 is 0.792 bits per heavy atom. The van der Waals surface area contributed by atoms with Gasteiger partial charge in [-0.05, 0) is 11.6 Å². The third-order valence-electron chi connectivity index (χ3n) is 3.89. The summed E-state index contributed by atoms with van der Waals surface area (Å²) < 4.78 is 16.0. The Bertz CT molecular complexity index is 922. The van der Waals surface area contributed by atoms with Crippen molar-refractivity contribution >= 4 is 23.1 Å². The van der Waals surface area contributed by atoms with Crippen LogP contribution in [0, 0.1) is 0 Å². The van der Waals surface area contributed by atoms with Gasteiger partial charge >= 0.3 is 11.9 Å². The Balaban J connectivity index is 1.96. The molecule has 0 saturated carbocycles. The van der Waals surface area contributed by atoms with Crippen molar-refractivity contribution in [1.82, 2.24) is 0 Å². The van der Waals surface area contributed by atoms with Crippen molar-refractivity contribution < 1.29 is 23.8 Å². The predicted molar refractivity (Wildman–Crippen MR) is 85.5 cm³/mol. The van der Waals surface area contributed by atoms with Gasteiger partial charge in [-0.2, -0.15) is 0 Å². The molecule has 5 heteroatoms. The highest BCUT2D eigenvalue weighted by atomic mass is 16.6. The van der Waals surface area contributed by atoms with Crippen molar-refractivity contribution in [3.8, 4) is 5.75 Å². The van der Waals surface area contributed by atoms with E-state index in [4.69, 9.17) is 14.2 Å². The van der Waals surface area contributed by atoms with Crippen LogP contribution in [0.3, 0.4) is 0 Å². The molecular weight excluding hydrogens is 308 g/mol. The summed E-state index contributed by atoms with van der Waals surface area (Å²) in [6.45, 7) is 0. The van der Waals surface area contributed by atoms with Crippen LogP contribution in [0.15, 0.2) is 66.1 Å². The van der Waals surface area contributed by atoms with Gasteiger partial charge in [0.25, 0.3) is 0 Å². The van der Waals surface area contributed by atoms with Crippen molar-refractivity contribution in [3.63, 3.8) is 0 Å². The molecule has 0 saturated heterocycles. The summed E-state index contributed by atoms with van der Waals surface area (Å²) >= 11 is 0. The lowest BCUT2D eigenvalue weighted by Gasteiger charge is -2.05. The molecule has 0 aliphatic carbocycles. The molecule has 5 nitrogen and oxygen atoms in total. The van der Waals surface area contributed by atoms with Crippen LogP contribution in [-0.4, -0.2) is 19.0 Å². The zero-order valence-electron chi connectivity index (χ0n) is 12.7. The summed E-state index contributed by atoms with van der Waals surface area (Å²) in [5, 5.41) is 0. The van der Waals surface area contributed by atoms with Gasteiger partial charge in [-0.15, -0.1) is 0 Å². The lowest BCUT2D eigenvalue weighted by Crippen LogP contribution is -2.06. The number of hydrogen-bond donors (Lipinski definition) is 0. The predicted octanol–water partition coefficient (Wildman–Crippen LogP) is 2.93. The van der Waals surface area contributed by atoms with Crippen LogP contribution < -0.4 is 4.74 Å². The number of methoxy groups -OCH3 is 1. The van der Waals surface area contributed by atoms with Gasteiger partial charge in [-0.3, -0.25) is 0 Å². The molecule has 2 aliphatic rings. The van der Waals surface area contributed by atoms with Crippen LogP contribution in [0.25, 0.3) is 11.1 Å². The maximum absolute atomic E-state index is 12.4. The van der Waals surface area contributed by atoms with E-state index in [2.05, 4.69) is 0 Å². The number of carbonyl (C=O) groups is 2.